The Balaban J connectivity index is 1.35. The third-order valence-electron chi connectivity index (χ3n) is 5.06. The van der Waals surface area contributed by atoms with E-state index in [2.05, 4.69) is 72.8 Å². The molecule has 0 fully saturated rings. The molecule has 0 saturated carbocycles. The Bertz CT molecular complexity index is 1130. The number of rotatable bonds is 6. The van der Waals surface area contributed by atoms with Crippen molar-refractivity contribution in [2.24, 2.45) is 0 Å². The van der Waals surface area contributed by atoms with Crippen LogP contribution in [0, 0.1) is 0 Å². The van der Waals surface area contributed by atoms with E-state index < -0.39 is 0 Å². The first kappa shape index (κ1) is 21.0. The van der Waals surface area contributed by atoms with E-state index in [0.29, 0.717) is 0 Å². The zero-order valence-corrected chi connectivity index (χ0v) is 17.6. The SMILES string of the molecule is Oc1ccc(/C=C/c2ccc(/C=C/c3ccc(/C=C/c4ccc(O)cc4)cc3)cc2)cc1. The highest BCUT2D eigenvalue weighted by Gasteiger charge is 1.93. The van der Waals surface area contributed by atoms with Crippen LogP contribution >= 0.6 is 0 Å². The minimum absolute atomic E-state index is 0.276. The van der Waals surface area contributed by atoms with E-state index in [1.807, 2.05) is 36.4 Å². The first-order chi connectivity index (χ1) is 15.6. The Kier molecular flexibility index (Phi) is 6.64. The molecule has 0 aliphatic heterocycles. The molecule has 0 bridgehead atoms. The van der Waals surface area contributed by atoms with Crippen LogP contribution in [0.25, 0.3) is 36.5 Å². The zero-order chi connectivity index (χ0) is 22.2. The monoisotopic (exact) mass is 416 g/mol. The summed E-state index contributed by atoms with van der Waals surface area (Å²) in [4.78, 5) is 0. The molecule has 4 rings (SSSR count). The van der Waals surface area contributed by atoms with Crippen LogP contribution < -0.4 is 0 Å². The summed E-state index contributed by atoms with van der Waals surface area (Å²) in [6, 6.07) is 31.1. The molecule has 2 N–H and O–H groups in total. The number of phenolic OH excluding ortho intramolecular Hbond substituents is 2. The van der Waals surface area contributed by atoms with Gasteiger partial charge in [-0.05, 0) is 57.6 Å². The molecule has 0 saturated heterocycles. The smallest absolute Gasteiger partial charge is 0.115 e. The van der Waals surface area contributed by atoms with Crippen molar-refractivity contribution in [2.75, 3.05) is 0 Å². The third kappa shape index (κ3) is 6.10. The average molecular weight is 417 g/mol. The van der Waals surface area contributed by atoms with Crippen molar-refractivity contribution in [1.29, 1.82) is 0 Å². The molecule has 156 valence electrons. The van der Waals surface area contributed by atoms with E-state index in [1.165, 1.54) is 0 Å². The fourth-order valence-electron chi connectivity index (χ4n) is 3.18. The lowest BCUT2D eigenvalue weighted by molar-refractivity contribution is 0.474. The van der Waals surface area contributed by atoms with Crippen LogP contribution in [0.4, 0.5) is 0 Å². The molecule has 0 aromatic heterocycles. The highest BCUT2D eigenvalue weighted by atomic mass is 16.3. The second-order valence-electron chi connectivity index (χ2n) is 7.52. The molecule has 0 unspecified atom stereocenters. The quantitative estimate of drug-likeness (QED) is 0.318. The molecule has 2 heteroatoms. The van der Waals surface area contributed by atoms with Gasteiger partial charge in [-0.3, -0.25) is 0 Å². The summed E-state index contributed by atoms with van der Waals surface area (Å²) >= 11 is 0. The Hall–Kier alpha value is -4.30. The Morgan fingerprint density at radius 2 is 0.438 bits per heavy atom. The standard InChI is InChI=1S/C30H24O2/c31-29-19-15-27(16-20-29)13-11-25-7-3-23(4-8-25)1-2-24-5-9-26(10-6-24)12-14-28-17-21-30(32)22-18-28/h1-22,31-32H/b2-1+,13-11+,14-12+. The van der Waals surface area contributed by atoms with Crippen molar-refractivity contribution in [3.63, 3.8) is 0 Å². The summed E-state index contributed by atoms with van der Waals surface area (Å²) in [5, 5.41) is 18.7. The number of hydrogen-bond acceptors (Lipinski definition) is 2. The average Bonchev–Trinajstić information content (AvgIpc) is 2.83. The molecule has 4 aromatic rings. The van der Waals surface area contributed by atoms with E-state index in [1.54, 1.807) is 24.3 Å². The van der Waals surface area contributed by atoms with E-state index in [4.69, 9.17) is 0 Å². The summed E-state index contributed by atoms with van der Waals surface area (Å²) < 4.78 is 0. The maximum absolute atomic E-state index is 9.35. The summed E-state index contributed by atoms with van der Waals surface area (Å²) in [6.45, 7) is 0. The minimum atomic E-state index is 0.276. The summed E-state index contributed by atoms with van der Waals surface area (Å²) in [7, 11) is 0. The lowest BCUT2D eigenvalue weighted by Gasteiger charge is -1.99. The third-order valence-corrected chi connectivity index (χ3v) is 5.06. The minimum Gasteiger partial charge on any atom is -0.508 e. The molecule has 2 nitrogen and oxygen atoms in total. The zero-order valence-electron chi connectivity index (χ0n) is 17.6. The van der Waals surface area contributed by atoms with Crippen LogP contribution in [0.5, 0.6) is 11.5 Å². The maximum Gasteiger partial charge on any atom is 0.115 e. The summed E-state index contributed by atoms with van der Waals surface area (Å²) in [5.41, 5.74) is 6.63. The van der Waals surface area contributed by atoms with Gasteiger partial charge in [0, 0.05) is 0 Å². The van der Waals surface area contributed by atoms with Crippen molar-refractivity contribution in [1.82, 2.24) is 0 Å². The molecule has 0 heterocycles. The summed E-state index contributed by atoms with van der Waals surface area (Å²) in [6.07, 6.45) is 12.4. The van der Waals surface area contributed by atoms with Crippen LogP contribution in [-0.4, -0.2) is 10.2 Å². The van der Waals surface area contributed by atoms with Gasteiger partial charge in [-0.1, -0.05) is 109 Å². The predicted octanol–water partition coefficient (Wildman–Crippen LogP) is 7.61. The lowest BCUT2D eigenvalue weighted by atomic mass is 10.1. The molecule has 32 heavy (non-hydrogen) atoms. The van der Waals surface area contributed by atoms with Crippen LogP contribution in [0.1, 0.15) is 33.4 Å². The van der Waals surface area contributed by atoms with Gasteiger partial charge in [0.2, 0.25) is 0 Å². The van der Waals surface area contributed by atoms with Crippen LogP contribution in [0.2, 0.25) is 0 Å². The topological polar surface area (TPSA) is 40.5 Å². The normalized spacial score (nSPS) is 11.6. The molecule has 0 aliphatic rings. The van der Waals surface area contributed by atoms with Gasteiger partial charge < -0.3 is 10.2 Å². The fraction of sp³-hybridized carbons (Fsp3) is 0. The lowest BCUT2D eigenvalue weighted by Crippen LogP contribution is -1.77. The van der Waals surface area contributed by atoms with Crippen molar-refractivity contribution in [3.8, 4) is 11.5 Å². The second kappa shape index (κ2) is 10.1. The van der Waals surface area contributed by atoms with Gasteiger partial charge in [-0.15, -0.1) is 0 Å². The molecular formula is C30H24O2. The first-order valence-corrected chi connectivity index (χ1v) is 10.5. The van der Waals surface area contributed by atoms with E-state index in [9.17, 15) is 10.2 Å². The van der Waals surface area contributed by atoms with Crippen LogP contribution in [-0.2, 0) is 0 Å². The number of aromatic hydroxyl groups is 2. The first-order valence-electron chi connectivity index (χ1n) is 10.5. The van der Waals surface area contributed by atoms with Crippen molar-refractivity contribution in [3.05, 3.63) is 130 Å². The van der Waals surface area contributed by atoms with Gasteiger partial charge in [0.15, 0.2) is 0 Å². The van der Waals surface area contributed by atoms with Crippen molar-refractivity contribution in [2.45, 2.75) is 0 Å². The van der Waals surface area contributed by atoms with E-state index in [-0.39, 0.29) is 11.5 Å². The van der Waals surface area contributed by atoms with Gasteiger partial charge in [-0.25, -0.2) is 0 Å². The second-order valence-corrected chi connectivity index (χ2v) is 7.52. The van der Waals surface area contributed by atoms with Gasteiger partial charge in [-0.2, -0.15) is 0 Å². The summed E-state index contributed by atoms with van der Waals surface area (Å²) in [5.74, 6) is 0.553. The highest BCUT2D eigenvalue weighted by molar-refractivity contribution is 5.74. The molecule has 0 radical (unpaired) electrons. The Morgan fingerprint density at radius 1 is 0.281 bits per heavy atom. The Morgan fingerprint density at radius 3 is 0.625 bits per heavy atom. The fourth-order valence-corrected chi connectivity index (χ4v) is 3.18. The number of phenols is 2. The molecule has 0 spiro atoms. The van der Waals surface area contributed by atoms with Crippen molar-refractivity contribution < 1.29 is 10.2 Å². The molecule has 0 amide bonds. The predicted molar refractivity (Wildman–Crippen MR) is 136 cm³/mol. The number of benzene rings is 4. The molecule has 0 atom stereocenters. The van der Waals surface area contributed by atoms with Gasteiger partial charge in [0.05, 0.1) is 0 Å². The van der Waals surface area contributed by atoms with Gasteiger partial charge >= 0.3 is 0 Å². The maximum atomic E-state index is 9.35. The van der Waals surface area contributed by atoms with Crippen LogP contribution in [0.3, 0.4) is 0 Å². The number of hydrogen-bond donors (Lipinski definition) is 2. The largest absolute Gasteiger partial charge is 0.508 e. The van der Waals surface area contributed by atoms with E-state index >= 15 is 0 Å². The molecule has 0 aliphatic carbocycles. The highest BCUT2D eigenvalue weighted by Crippen LogP contribution is 2.16. The Labute approximate surface area is 188 Å². The van der Waals surface area contributed by atoms with Gasteiger partial charge in [0.1, 0.15) is 11.5 Å². The van der Waals surface area contributed by atoms with E-state index in [0.717, 1.165) is 33.4 Å². The van der Waals surface area contributed by atoms with Crippen LogP contribution in [0.15, 0.2) is 97.1 Å². The van der Waals surface area contributed by atoms with Crippen molar-refractivity contribution >= 4 is 36.5 Å². The molecule has 4 aromatic carbocycles. The van der Waals surface area contributed by atoms with Gasteiger partial charge in [0.25, 0.3) is 0 Å². The molecular weight excluding hydrogens is 392 g/mol.